The maximum atomic E-state index is 13.6. The molecule has 10 heteroatoms. The molecule has 0 aliphatic rings. The summed E-state index contributed by atoms with van der Waals surface area (Å²) in [5.41, 5.74) is 3.43. The van der Waals surface area contributed by atoms with E-state index < -0.39 is 17.5 Å². The van der Waals surface area contributed by atoms with E-state index in [-0.39, 0.29) is 18.1 Å². The number of halogens is 1. The first-order chi connectivity index (χ1) is 18.8. The van der Waals surface area contributed by atoms with Crippen molar-refractivity contribution in [2.24, 2.45) is 0 Å². The van der Waals surface area contributed by atoms with Crippen molar-refractivity contribution in [3.05, 3.63) is 106 Å². The van der Waals surface area contributed by atoms with E-state index >= 15 is 0 Å². The van der Waals surface area contributed by atoms with Crippen LogP contribution in [-0.4, -0.2) is 38.5 Å². The molecule has 0 saturated heterocycles. The zero-order valence-corrected chi connectivity index (χ0v) is 21.9. The molecule has 2 N–H and O–H groups in total. The molecule has 9 nitrogen and oxygen atoms in total. The predicted molar refractivity (Wildman–Crippen MR) is 149 cm³/mol. The molecule has 5 aromatic rings. The van der Waals surface area contributed by atoms with Gasteiger partial charge in [0.25, 0.3) is 5.56 Å². The molecule has 0 fully saturated rings. The Morgan fingerprint density at radius 2 is 1.85 bits per heavy atom. The standard InChI is InChI=1S/C29H24ClN5O4/c1-17(36)21-10-8-19(30)13-22(21)23-15-27(37)35(34-29(23)39-2)26(12-18-6-4-3-5-7-18)28(38)33-20-9-11-24-25(14-20)32-16-31-24/h3-11,13-16,26H,12H2,1-2H3,(H,31,32)(H,33,38)/t26-/m0/s1. The molecule has 0 unspecified atom stereocenters. The van der Waals surface area contributed by atoms with Gasteiger partial charge in [-0.05, 0) is 54.4 Å². The maximum absolute atomic E-state index is 13.6. The van der Waals surface area contributed by atoms with Crippen molar-refractivity contribution in [2.45, 2.75) is 19.4 Å². The summed E-state index contributed by atoms with van der Waals surface area (Å²) in [6, 6.07) is 19.7. The highest BCUT2D eigenvalue weighted by molar-refractivity contribution is 6.31. The molecule has 2 heterocycles. The number of nitrogens with zero attached hydrogens (tertiary/aromatic N) is 3. The van der Waals surface area contributed by atoms with Gasteiger partial charge in [0.15, 0.2) is 5.78 Å². The summed E-state index contributed by atoms with van der Waals surface area (Å²) >= 11 is 6.21. The van der Waals surface area contributed by atoms with Gasteiger partial charge < -0.3 is 15.0 Å². The number of nitrogens with one attached hydrogen (secondary N) is 2. The van der Waals surface area contributed by atoms with Crippen LogP contribution < -0.4 is 15.6 Å². The fourth-order valence-corrected chi connectivity index (χ4v) is 4.60. The Bertz CT molecular complexity index is 1750. The Balaban J connectivity index is 1.59. The zero-order chi connectivity index (χ0) is 27.5. The third-order valence-corrected chi connectivity index (χ3v) is 6.56. The average molecular weight is 542 g/mol. The lowest BCUT2D eigenvalue weighted by Crippen LogP contribution is -2.36. The number of ketones is 1. The maximum Gasteiger partial charge on any atom is 0.268 e. The molecular formula is C29H24ClN5O4. The van der Waals surface area contributed by atoms with E-state index in [2.05, 4.69) is 20.4 Å². The Morgan fingerprint density at radius 3 is 2.59 bits per heavy atom. The normalized spacial score (nSPS) is 11.8. The topological polar surface area (TPSA) is 119 Å². The lowest BCUT2D eigenvalue weighted by molar-refractivity contribution is -0.119. The number of aromatic nitrogens is 4. The van der Waals surface area contributed by atoms with Crippen LogP contribution in [0.15, 0.2) is 83.9 Å². The molecule has 1 amide bonds. The fourth-order valence-electron chi connectivity index (χ4n) is 4.43. The number of carbonyl (C=O) groups excluding carboxylic acids is 2. The van der Waals surface area contributed by atoms with Gasteiger partial charge in [0.2, 0.25) is 11.8 Å². The molecule has 0 aliphatic heterocycles. The lowest BCUT2D eigenvalue weighted by Gasteiger charge is -2.20. The SMILES string of the molecule is COc1nn([C@@H](Cc2ccccc2)C(=O)Nc2ccc3[nH]cnc3c2)c(=O)cc1-c1cc(Cl)ccc1C(C)=O. The van der Waals surface area contributed by atoms with Crippen LogP contribution in [0.4, 0.5) is 5.69 Å². The van der Waals surface area contributed by atoms with Crippen LogP contribution in [0.5, 0.6) is 5.88 Å². The summed E-state index contributed by atoms with van der Waals surface area (Å²) in [6.07, 6.45) is 1.77. The van der Waals surface area contributed by atoms with Gasteiger partial charge in [-0.25, -0.2) is 9.67 Å². The highest BCUT2D eigenvalue weighted by atomic mass is 35.5. The van der Waals surface area contributed by atoms with Gasteiger partial charge in [0.05, 0.1) is 30.0 Å². The summed E-state index contributed by atoms with van der Waals surface area (Å²) in [5.74, 6) is -0.573. The van der Waals surface area contributed by atoms with Crippen LogP contribution >= 0.6 is 11.6 Å². The number of rotatable bonds is 8. The minimum atomic E-state index is -1.01. The van der Waals surface area contributed by atoms with E-state index in [0.29, 0.717) is 32.9 Å². The quantitative estimate of drug-likeness (QED) is 0.265. The predicted octanol–water partition coefficient (Wildman–Crippen LogP) is 5.07. The van der Waals surface area contributed by atoms with Gasteiger partial charge in [-0.15, -0.1) is 5.10 Å². The van der Waals surface area contributed by atoms with Crippen LogP contribution in [0.2, 0.25) is 5.02 Å². The summed E-state index contributed by atoms with van der Waals surface area (Å²) in [5, 5.41) is 7.72. The number of benzene rings is 3. The minimum Gasteiger partial charge on any atom is -0.480 e. The van der Waals surface area contributed by atoms with Crippen molar-refractivity contribution >= 4 is 40.0 Å². The Hall–Kier alpha value is -4.76. The van der Waals surface area contributed by atoms with Crippen LogP contribution in [0.1, 0.15) is 28.9 Å². The molecule has 2 aromatic heterocycles. The molecule has 0 radical (unpaired) electrons. The smallest absolute Gasteiger partial charge is 0.268 e. The molecule has 5 rings (SSSR count). The number of aromatic amines is 1. The Morgan fingerprint density at radius 1 is 1.05 bits per heavy atom. The van der Waals surface area contributed by atoms with Crippen molar-refractivity contribution < 1.29 is 14.3 Å². The third-order valence-electron chi connectivity index (χ3n) is 6.33. The fraction of sp³-hybridized carbons (Fsp3) is 0.138. The average Bonchev–Trinajstić information content (AvgIpc) is 3.40. The molecule has 0 aliphatic carbocycles. The molecule has 0 spiro atoms. The van der Waals surface area contributed by atoms with Gasteiger partial charge in [-0.2, -0.15) is 0 Å². The van der Waals surface area contributed by atoms with Crippen molar-refractivity contribution in [3.63, 3.8) is 0 Å². The van der Waals surface area contributed by atoms with Crippen LogP contribution in [-0.2, 0) is 11.2 Å². The Labute approximate surface area is 228 Å². The number of hydrogen-bond acceptors (Lipinski definition) is 6. The highest BCUT2D eigenvalue weighted by Crippen LogP contribution is 2.32. The van der Waals surface area contributed by atoms with Crippen molar-refractivity contribution in [2.75, 3.05) is 12.4 Å². The number of Topliss-reactive ketones (excluding diaryl/α,β-unsaturated/α-hetero) is 1. The number of imidazole rings is 1. The monoisotopic (exact) mass is 541 g/mol. The molecule has 3 aromatic carbocycles. The number of anilines is 1. The Kier molecular flexibility index (Phi) is 7.25. The molecule has 0 bridgehead atoms. The number of amides is 1. The van der Waals surface area contributed by atoms with E-state index in [0.717, 1.165) is 15.8 Å². The van der Waals surface area contributed by atoms with Crippen molar-refractivity contribution in [1.29, 1.82) is 0 Å². The van der Waals surface area contributed by atoms with E-state index in [1.54, 1.807) is 36.7 Å². The van der Waals surface area contributed by atoms with E-state index in [9.17, 15) is 14.4 Å². The van der Waals surface area contributed by atoms with Crippen molar-refractivity contribution in [1.82, 2.24) is 19.7 Å². The molecule has 196 valence electrons. The first-order valence-corrected chi connectivity index (χ1v) is 12.5. The molecular weight excluding hydrogens is 518 g/mol. The van der Waals surface area contributed by atoms with E-state index in [4.69, 9.17) is 16.3 Å². The van der Waals surface area contributed by atoms with Crippen molar-refractivity contribution in [3.8, 4) is 17.0 Å². The third kappa shape index (κ3) is 5.44. The minimum absolute atomic E-state index is 0.0724. The summed E-state index contributed by atoms with van der Waals surface area (Å²) in [6.45, 7) is 1.43. The second kappa shape index (κ2) is 10.9. The summed E-state index contributed by atoms with van der Waals surface area (Å²) < 4.78 is 6.65. The molecule has 0 saturated carbocycles. The second-order valence-electron chi connectivity index (χ2n) is 8.93. The summed E-state index contributed by atoms with van der Waals surface area (Å²) in [4.78, 5) is 46.7. The van der Waals surface area contributed by atoms with Crippen LogP contribution in [0.3, 0.4) is 0 Å². The highest BCUT2D eigenvalue weighted by Gasteiger charge is 2.26. The summed E-state index contributed by atoms with van der Waals surface area (Å²) in [7, 11) is 1.41. The van der Waals surface area contributed by atoms with Gasteiger partial charge >= 0.3 is 0 Å². The van der Waals surface area contributed by atoms with Crippen LogP contribution in [0.25, 0.3) is 22.2 Å². The molecule has 39 heavy (non-hydrogen) atoms. The second-order valence-corrected chi connectivity index (χ2v) is 9.36. The number of H-pyrrole nitrogens is 1. The van der Waals surface area contributed by atoms with Gasteiger partial charge in [-0.1, -0.05) is 41.9 Å². The van der Waals surface area contributed by atoms with E-state index in [1.807, 2.05) is 36.4 Å². The number of fused-ring (bicyclic) bond motifs is 1. The number of methoxy groups -OCH3 is 1. The zero-order valence-electron chi connectivity index (χ0n) is 21.1. The van der Waals surface area contributed by atoms with Gasteiger partial charge in [-0.3, -0.25) is 14.4 Å². The largest absolute Gasteiger partial charge is 0.480 e. The van der Waals surface area contributed by atoms with Crippen LogP contribution in [0, 0.1) is 0 Å². The number of ether oxygens (including phenoxy) is 1. The first kappa shape index (κ1) is 25.9. The number of hydrogen-bond donors (Lipinski definition) is 2. The molecule has 1 atom stereocenters. The van der Waals surface area contributed by atoms with E-state index in [1.165, 1.54) is 20.1 Å². The number of carbonyl (C=O) groups is 2. The van der Waals surface area contributed by atoms with Gasteiger partial charge in [0.1, 0.15) is 6.04 Å². The van der Waals surface area contributed by atoms with Gasteiger partial charge in [0, 0.05) is 28.8 Å². The first-order valence-electron chi connectivity index (χ1n) is 12.1. The lowest BCUT2D eigenvalue weighted by atomic mass is 9.98.